The van der Waals surface area contributed by atoms with Gasteiger partial charge < -0.3 is 9.84 Å². The second kappa shape index (κ2) is 8.01. The lowest BCUT2D eigenvalue weighted by molar-refractivity contribution is 0.102. The van der Waals surface area contributed by atoms with Gasteiger partial charge in [-0.25, -0.2) is 0 Å². The van der Waals surface area contributed by atoms with Gasteiger partial charge in [-0.15, -0.1) is 11.8 Å². The number of benzene rings is 2. The fourth-order valence-electron chi connectivity index (χ4n) is 2.28. The SMILES string of the molecule is Cc1nc(CSc2ccccc2C(=O)Nc2ccc(I)cc2C)no1. The minimum Gasteiger partial charge on any atom is -0.340 e. The Bertz CT molecular complexity index is 911. The van der Waals surface area contributed by atoms with Crippen molar-refractivity contribution in [1.82, 2.24) is 10.1 Å². The molecule has 5 nitrogen and oxygen atoms in total. The molecule has 1 aromatic heterocycles. The second-order valence-electron chi connectivity index (χ2n) is 5.43. The number of nitrogens with zero attached hydrogens (tertiary/aromatic N) is 2. The molecule has 0 unspecified atom stereocenters. The molecule has 0 aliphatic carbocycles. The molecule has 7 heteroatoms. The summed E-state index contributed by atoms with van der Waals surface area (Å²) in [4.78, 5) is 17.8. The van der Waals surface area contributed by atoms with Crippen LogP contribution in [-0.2, 0) is 5.75 Å². The van der Waals surface area contributed by atoms with Gasteiger partial charge in [0.15, 0.2) is 5.82 Å². The topological polar surface area (TPSA) is 68.0 Å². The van der Waals surface area contributed by atoms with E-state index in [2.05, 4.69) is 38.0 Å². The van der Waals surface area contributed by atoms with E-state index >= 15 is 0 Å². The van der Waals surface area contributed by atoms with E-state index in [1.165, 1.54) is 11.8 Å². The predicted molar refractivity (Wildman–Crippen MR) is 107 cm³/mol. The maximum absolute atomic E-state index is 12.7. The van der Waals surface area contributed by atoms with Crippen molar-refractivity contribution in [3.63, 3.8) is 0 Å². The Balaban J connectivity index is 1.76. The summed E-state index contributed by atoms with van der Waals surface area (Å²) in [5.41, 5.74) is 2.48. The average molecular weight is 465 g/mol. The molecule has 0 spiro atoms. The van der Waals surface area contributed by atoms with Crippen LogP contribution < -0.4 is 5.32 Å². The first-order valence-corrected chi connectivity index (χ1v) is 9.68. The van der Waals surface area contributed by atoms with E-state index in [-0.39, 0.29) is 5.91 Å². The standard InChI is InChI=1S/C18H16IN3O2S/c1-11-9-13(19)7-8-15(11)21-18(23)14-5-3-4-6-16(14)25-10-17-20-12(2)24-22-17/h3-9H,10H2,1-2H3,(H,21,23). The normalized spacial score (nSPS) is 10.7. The third-order valence-corrected chi connectivity index (χ3v) is 5.24. The first kappa shape index (κ1) is 17.9. The lowest BCUT2D eigenvalue weighted by Gasteiger charge is -2.11. The number of carbonyl (C=O) groups excluding carboxylic acids is 1. The van der Waals surface area contributed by atoms with Crippen molar-refractivity contribution >= 4 is 45.9 Å². The summed E-state index contributed by atoms with van der Waals surface area (Å²) in [7, 11) is 0. The smallest absolute Gasteiger partial charge is 0.256 e. The lowest BCUT2D eigenvalue weighted by Crippen LogP contribution is -2.13. The van der Waals surface area contributed by atoms with E-state index in [9.17, 15) is 4.79 Å². The minimum atomic E-state index is -0.128. The largest absolute Gasteiger partial charge is 0.340 e. The van der Waals surface area contributed by atoms with Gasteiger partial charge in [0, 0.05) is 21.1 Å². The molecule has 0 fully saturated rings. The fraction of sp³-hybridized carbons (Fsp3) is 0.167. The molecule has 128 valence electrons. The van der Waals surface area contributed by atoms with Gasteiger partial charge in [0.2, 0.25) is 5.89 Å². The Morgan fingerprint density at radius 2 is 2.04 bits per heavy atom. The predicted octanol–water partition coefficient (Wildman–Crippen LogP) is 4.84. The quantitative estimate of drug-likeness (QED) is 0.432. The van der Waals surface area contributed by atoms with Crippen molar-refractivity contribution in [2.45, 2.75) is 24.5 Å². The van der Waals surface area contributed by atoms with E-state index in [4.69, 9.17) is 4.52 Å². The van der Waals surface area contributed by atoms with Crippen LogP contribution in [0.25, 0.3) is 0 Å². The minimum absolute atomic E-state index is 0.128. The van der Waals surface area contributed by atoms with Crippen molar-refractivity contribution in [2.24, 2.45) is 0 Å². The zero-order valence-electron chi connectivity index (χ0n) is 13.7. The molecule has 0 aliphatic heterocycles. The molecule has 3 aromatic rings. The molecule has 0 bridgehead atoms. The number of rotatable bonds is 5. The van der Waals surface area contributed by atoms with Crippen LogP contribution in [0.4, 0.5) is 5.69 Å². The summed E-state index contributed by atoms with van der Waals surface area (Å²) in [6.07, 6.45) is 0. The van der Waals surface area contributed by atoms with Crippen LogP contribution >= 0.6 is 34.4 Å². The van der Waals surface area contributed by atoms with Crippen molar-refractivity contribution in [1.29, 1.82) is 0 Å². The lowest BCUT2D eigenvalue weighted by atomic mass is 10.1. The van der Waals surface area contributed by atoms with Crippen LogP contribution in [0.2, 0.25) is 0 Å². The molecule has 1 N–H and O–H groups in total. The van der Waals surface area contributed by atoms with Crippen molar-refractivity contribution in [2.75, 3.05) is 5.32 Å². The number of hydrogen-bond donors (Lipinski definition) is 1. The molecule has 1 amide bonds. The molecule has 25 heavy (non-hydrogen) atoms. The highest BCUT2D eigenvalue weighted by molar-refractivity contribution is 14.1. The second-order valence-corrected chi connectivity index (χ2v) is 7.69. The first-order valence-electron chi connectivity index (χ1n) is 7.61. The van der Waals surface area contributed by atoms with Gasteiger partial charge in [-0.3, -0.25) is 4.79 Å². The van der Waals surface area contributed by atoms with Crippen LogP contribution in [0.5, 0.6) is 0 Å². The van der Waals surface area contributed by atoms with Crippen LogP contribution in [0.3, 0.4) is 0 Å². The zero-order chi connectivity index (χ0) is 17.8. The number of halogens is 1. The van der Waals surface area contributed by atoms with Gasteiger partial charge in [-0.1, -0.05) is 17.3 Å². The summed E-state index contributed by atoms with van der Waals surface area (Å²) in [6.45, 7) is 3.74. The van der Waals surface area contributed by atoms with Crippen LogP contribution in [-0.4, -0.2) is 16.0 Å². The molecule has 0 saturated carbocycles. The van der Waals surface area contributed by atoms with Gasteiger partial charge in [-0.2, -0.15) is 4.98 Å². The Labute approximate surface area is 163 Å². The molecule has 0 aliphatic rings. The molecule has 1 heterocycles. The van der Waals surface area contributed by atoms with Crippen LogP contribution in [0.1, 0.15) is 27.6 Å². The van der Waals surface area contributed by atoms with E-state index in [0.717, 1.165) is 19.7 Å². The first-order chi connectivity index (χ1) is 12.0. The Hall–Kier alpha value is -1.87. The average Bonchev–Trinajstić information content (AvgIpc) is 3.01. The van der Waals surface area contributed by atoms with Crippen molar-refractivity contribution in [3.8, 4) is 0 Å². The van der Waals surface area contributed by atoms with E-state index in [1.807, 2.05) is 49.4 Å². The fourth-order valence-corrected chi connectivity index (χ4v) is 3.82. The molecule has 0 saturated heterocycles. The highest BCUT2D eigenvalue weighted by Gasteiger charge is 2.14. The summed E-state index contributed by atoms with van der Waals surface area (Å²) in [5.74, 6) is 1.57. The monoisotopic (exact) mass is 465 g/mol. The molecular formula is C18H16IN3O2S. The molecule has 3 rings (SSSR count). The van der Waals surface area contributed by atoms with Gasteiger partial charge in [0.1, 0.15) is 0 Å². The number of carbonyl (C=O) groups is 1. The van der Waals surface area contributed by atoms with Gasteiger partial charge in [0.25, 0.3) is 5.91 Å². The Morgan fingerprint density at radius 3 is 2.76 bits per heavy atom. The number of amides is 1. The number of anilines is 1. The molecule has 0 atom stereocenters. The number of nitrogens with one attached hydrogen (secondary N) is 1. The van der Waals surface area contributed by atoms with Crippen LogP contribution in [0, 0.1) is 17.4 Å². The third kappa shape index (κ3) is 4.60. The van der Waals surface area contributed by atoms with Gasteiger partial charge in [-0.05, 0) is 65.4 Å². The number of thioether (sulfide) groups is 1. The summed E-state index contributed by atoms with van der Waals surface area (Å²) < 4.78 is 6.12. The maximum atomic E-state index is 12.7. The molecule has 0 radical (unpaired) electrons. The maximum Gasteiger partial charge on any atom is 0.256 e. The number of aromatic nitrogens is 2. The molecule has 2 aromatic carbocycles. The summed E-state index contributed by atoms with van der Waals surface area (Å²) in [6, 6.07) is 13.5. The van der Waals surface area contributed by atoms with Gasteiger partial charge in [0.05, 0.1) is 11.3 Å². The van der Waals surface area contributed by atoms with Crippen molar-refractivity contribution < 1.29 is 9.32 Å². The van der Waals surface area contributed by atoms with E-state index in [1.54, 1.807) is 6.92 Å². The Kier molecular flexibility index (Phi) is 5.74. The summed E-state index contributed by atoms with van der Waals surface area (Å²) in [5, 5.41) is 6.88. The van der Waals surface area contributed by atoms with Crippen molar-refractivity contribution in [3.05, 3.63) is 68.9 Å². The number of aryl methyl sites for hydroxylation is 2. The number of hydrogen-bond acceptors (Lipinski definition) is 5. The summed E-state index contributed by atoms with van der Waals surface area (Å²) >= 11 is 3.77. The van der Waals surface area contributed by atoms with Gasteiger partial charge >= 0.3 is 0 Å². The highest BCUT2D eigenvalue weighted by atomic mass is 127. The van der Waals surface area contributed by atoms with E-state index in [0.29, 0.717) is 23.0 Å². The van der Waals surface area contributed by atoms with Crippen LogP contribution in [0.15, 0.2) is 51.9 Å². The zero-order valence-corrected chi connectivity index (χ0v) is 16.7. The third-order valence-electron chi connectivity index (χ3n) is 3.49. The Morgan fingerprint density at radius 1 is 1.24 bits per heavy atom. The highest BCUT2D eigenvalue weighted by Crippen LogP contribution is 2.27. The molecular weight excluding hydrogens is 449 g/mol. The van der Waals surface area contributed by atoms with E-state index < -0.39 is 0 Å².